The Balaban J connectivity index is 2.08. The van der Waals surface area contributed by atoms with E-state index < -0.39 is 0 Å². The van der Waals surface area contributed by atoms with Gasteiger partial charge in [0.15, 0.2) is 0 Å². The molecule has 0 saturated carbocycles. The van der Waals surface area contributed by atoms with E-state index in [-0.39, 0.29) is 8.80 Å². The summed E-state index contributed by atoms with van der Waals surface area (Å²) < 4.78 is 0. The van der Waals surface area contributed by atoms with Crippen molar-refractivity contribution in [2.75, 3.05) is 5.33 Å². The fourth-order valence-corrected chi connectivity index (χ4v) is 6.47. The molecule has 0 aromatic carbocycles. The standard InChI is InChI=1S/C11H23BrSi/c1-2-8-13-9-5-11(6-10-13)4-3-7-12/h11,13H,2-10H2,1H3. The third kappa shape index (κ3) is 4.64. The molecule has 0 amide bonds. The molecule has 78 valence electrons. The van der Waals surface area contributed by atoms with E-state index in [9.17, 15) is 0 Å². The highest BCUT2D eigenvalue weighted by Crippen LogP contribution is 2.30. The van der Waals surface area contributed by atoms with E-state index in [0.29, 0.717) is 0 Å². The van der Waals surface area contributed by atoms with Gasteiger partial charge in [0.1, 0.15) is 0 Å². The van der Waals surface area contributed by atoms with Crippen molar-refractivity contribution in [2.24, 2.45) is 5.92 Å². The lowest BCUT2D eigenvalue weighted by Gasteiger charge is -2.27. The van der Waals surface area contributed by atoms with E-state index in [1.807, 2.05) is 0 Å². The Kier molecular flexibility index (Phi) is 6.38. The van der Waals surface area contributed by atoms with Crippen LogP contribution in [0.4, 0.5) is 0 Å². The van der Waals surface area contributed by atoms with Crippen molar-refractivity contribution in [1.29, 1.82) is 0 Å². The van der Waals surface area contributed by atoms with Crippen LogP contribution in [0.5, 0.6) is 0 Å². The molecule has 0 aliphatic carbocycles. The zero-order chi connectivity index (χ0) is 9.52. The van der Waals surface area contributed by atoms with Crippen molar-refractivity contribution in [3.8, 4) is 0 Å². The SMILES string of the molecule is CCC[SiH]1CCC(CCCBr)CC1. The van der Waals surface area contributed by atoms with Crippen LogP contribution in [0, 0.1) is 5.92 Å². The average Bonchev–Trinajstić information content (AvgIpc) is 2.17. The molecule has 0 nitrogen and oxygen atoms in total. The van der Waals surface area contributed by atoms with Gasteiger partial charge in [-0.1, -0.05) is 60.2 Å². The molecule has 2 heteroatoms. The third-order valence-corrected chi connectivity index (χ3v) is 7.66. The zero-order valence-electron chi connectivity index (χ0n) is 8.90. The fourth-order valence-electron chi connectivity index (χ4n) is 2.58. The fraction of sp³-hybridized carbons (Fsp3) is 1.00. The first-order chi connectivity index (χ1) is 6.36. The second-order valence-corrected chi connectivity index (χ2v) is 8.76. The number of rotatable bonds is 5. The maximum atomic E-state index is 3.52. The lowest BCUT2D eigenvalue weighted by Crippen LogP contribution is -2.20. The Morgan fingerprint density at radius 3 is 2.54 bits per heavy atom. The summed E-state index contributed by atoms with van der Waals surface area (Å²) in [5.74, 6) is 1.10. The Bertz CT molecular complexity index is 119. The van der Waals surface area contributed by atoms with Gasteiger partial charge >= 0.3 is 0 Å². The minimum absolute atomic E-state index is 0.210. The molecule has 0 atom stereocenters. The molecule has 0 aromatic heterocycles. The third-order valence-electron chi connectivity index (χ3n) is 3.41. The predicted octanol–water partition coefficient (Wildman–Crippen LogP) is 4.21. The van der Waals surface area contributed by atoms with Gasteiger partial charge in [-0.25, -0.2) is 0 Å². The van der Waals surface area contributed by atoms with Crippen LogP contribution in [0.2, 0.25) is 18.1 Å². The van der Waals surface area contributed by atoms with Crippen molar-refractivity contribution in [3.05, 3.63) is 0 Å². The number of halogens is 1. The van der Waals surface area contributed by atoms with Crippen LogP contribution in [0.15, 0.2) is 0 Å². The Labute approximate surface area is 93.2 Å². The molecule has 0 N–H and O–H groups in total. The summed E-state index contributed by atoms with van der Waals surface area (Å²) in [4.78, 5) is 0. The molecule has 0 bridgehead atoms. The molecular weight excluding hydrogens is 240 g/mol. The van der Waals surface area contributed by atoms with Crippen LogP contribution < -0.4 is 0 Å². The molecular formula is C11H23BrSi. The molecule has 0 radical (unpaired) electrons. The summed E-state index contributed by atoms with van der Waals surface area (Å²) in [6.45, 7) is 2.35. The highest BCUT2D eigenvalue weighted by molar-refractivity contribution is 9.09. The summed E-state index contributed by atoms with van der Waals surface area (Å²) >= 11 is 3.52. The van der Waals surface area contributed by atoms with Crippen molar-refractivity contribution in [1.82, 2.24) is 0 Å². The maximum absolute atomic E-state index is 3.52. The van der Waals surface area contributed by atoms with Crippen LogP contribution in [0.3, 0.4) is 0 Å². The molecule has 1 rings (SSSR count). The zero-order valence-corrected chi connectivity index (χ0v) is 11.6. The number of hydrogen-bond acceptors (Lipinski definition) is 0. The van der Waals surface area contributed by atoms with E-state index in [0.717, 1.165) is 5.92 Å². The first kappa shape index (κ1) is 11.8. The summed E-state index contributed by atoms with van der Waals surface area (Å²) in [5.41, 5.74) is 0. The largest absolute Gasteiger partial charge is 0.0928 e. The van der Waals surface area contributed by atoms with E-state index in [1.54, 1.807) is 31.0 Å². The number of alkyl halides is 1. The molecule has 13 heavy (non-hydrogen) atoms. The quantitative estimate of drug-likeness (QED) is 0.515. The molecule has 1 fully saturated rings. The first-order valence-corrected chi connectivity index (χ1v) is 9.49. The second-order valence-electron chi connectivity index (χ2n) is 4.51. The summed E-state index contributed by atoms with van der Waals surface area (Å²) in [7, 11) is -0.210. The monoisotopic (exact) mass is 262 g/mol. The first-order valence-electron chi connectivity index (χ1n) is 5.92. The lowest BCUT2D eigenvalue weighted by molar-refractivity contribution is 0.434. The van der Waals surface area contributed by atoms with Gasteiger partial charge in [-0.2, -0.15) is 0 Å². The van der Waals surface area contributed by atoms with Crippen LogP contribution in [-0.4, -0.2) is 14.1 Å². The van der Waals surface area contributed by atoms with Gasteiger partial charge in [0, 0.05) is 14.1 Å². The van der Waals surface area contributed by atoms with Gasteiger partial charge in [0.2, 0.25) is 0 Å². The maximum Gasteiger partial charge on any atom is 0.0367 e. The Morgan fingerprint density at radius 2 is 2.00 bits per heavy atom. The normalized spacial score (nSPS) is 29.1. The van der Waals surface area contributed by atoms with Crippen LogP contribution >= 0.6 is 15.9 Å². The minimum Gasteiger partial charge on any atom is -0.0928 e. The van der Waals surface area contributed by atoms with E-state index in [1.165, 1.54) is 24.6 Å². The van der Waals surface area contributed by atoms with Gasteiger partial charge in [-0.3, -0.25) is 0 Å². The van der Waals surface area contributed by atoms with Gasteiger partial charge < -0.3 is 0 Å². The molecule has 1 heterocycles. The van der Waals surface area contributed by atoms with Crippen molar-refractivity contribution >= 4 is 24.7 Å². The van der Waals surface area contributed by atoms with Crippen molar-refractivity contribution in [2.45, 2.75) is 57.2 Å². The molecule has 0 unspecified atom stereocenters. The minimum atomic E-state index is -0.210. The molecule has 1 aliphatic heterocycles. The average molecular weight is 263 g/mol. The summed E-state index contributed by atoms with van der Waals surface area (Å²) in [6, 6.07) is 4.92. The lowest BCUT2D eigenvalue weighted by atomic mass is 9.97. The van der Waals surface area contributed by atoms with E-state index in [4.69, 9.17) is 0 Å². The number of hydrogen-bond donors (Lipinski definition) is 0. The van der Waals surface area contributed by atoms with Gasteiger partial charge in [0.25, 0.3) is 0 Å². The van der Waals surface area contributed by atoms with Crippen molar-refractivity contribution < 1.29 is 0 Å². The van der Waals surface area contributed by atoms with E-state index in [2.05, 4.69) is 22.9 Å². The molecule has 1 saturated heterocycles. The van der Waals surface area contributed by atoms with Gasteiger partial charge in [0.05, 0.1) is 0 Å². The topological polar surface area (TPSA) is 0 Å². The van der Waals surface area contributed by atoms with Gasteiger partial charge in [-0.15, -0.1) is 0 Å². The molecule has 0 aromatic rings. The summed E-state index contributed by atoms with van der Waals surface area (Å²) in [6.07, 6.45) is 7.47. The highest BCUT2D eigenvalue weighted by atomic mass is 79.9. The van der Waals surface area contributed by atoms with Crippen LogP contribution in [-0.2, 0) is 0 Å². The highest BCUT2D eigenvalue weighted by Gasteiger charge is 2.20. The molecule has 1 aliphatic rings. The summed E-state index contributed by atoms with van der Waals surface area (Å²) in [5, 5.41) is 1.21. The van der Waals surface area contributed by atoms with Crippen LogP contribution in [0.25, 0.3) is 0 Å². The molecule has 0 spiro atoms. The van der Waals surface area contributed by atoms with Gasteiger partial charge in [-0.05, 0) is 18.8 Å². The van der Waals surface area contributed by atoms with Crippen LogP contribution in [0.1, 0.15) is 39.0 Å². The van der Waals surface area contributed by atoms with E-state index >= 15 is 0 Å². The smallest absolute Gasteiger partial charge is 0.0367 e. The van der Waals surface area contributed by atoms with Crippen molar-refractivity contribution in [3.63, 3.8) is 0 Å². The predicted molar refractivity (Wildman–Crippen MR) is 67.6 cm³/mol. The Morgan fingerprint density at radius 1 is 1.31 bits per heavy atom. The Hall–Kier alpha value is 0.697. The second kappa shape index (κ2) is 7.05.